The number of nitro groups is 2. The average molecular weight is 445 g/mol. The highest BCUT2D eigenvalue weighted by Gasteiger charge is 2.26. The van der Waals surface area contributed by atoms with Gasteiger partial charge in [0.05, 0.1) is 9.85 Å². The van der Waals surface area contributed by atoms with Crippen LogP contribution in [0.5, 0.6) is 0 Å². The molecule has 32 heavy (non-hydrogen) atoms. The minimum atomic E-state index is -0.628. The van der Waals surface area contributed by atoms with Crippen molar-refractivity contribution >= 4 is 11.4 Å². The monoisotopic (exact) mass is 444 g/mol. The van der Waals surface area contributed by atoms with Crippen LogP contribution in [-0.4, -0.2) is 21.6 Å². The van der Waals surface area contributed by atoms with Gasteiger partial charge in [0.15, 0.2) is 12.4 Å². The van der Waals surface area contributed by atoms with Crippen LogP contribution in [0.15, 0.2) is 42.7 Å². The van der Waals surface area contributed by atoms with Crippen LogP contribution in [0.2, 0.25) is 0 Å². The number of hydrogen-bond donors (Lipinski definition) is 1. The number of rotatable bonds is 16. The minimum absolute atomic E-state index is 0.283. The molecule has 174 valence electrons. The highest BCUT2D eigenvalue weighted by Crippen LogP contribution is 2.24. The first-order chi connectivity index (χ1) is 15.5. The predicted octanol–water partition coefficient (Wildman–Crippen LogP) is 5.61. The largest absolute Gasteiger partial charge is 0.396 e. The Labute approximate surface area is 189 Å². The average Bonchev–Trinajstić information content (AvgIpc) is 2.79. The van der Waals surface area contributed by atoms with E-state index < -0.39 is 9.85 Å². The van der Waals surface area contributed by atoms with Gasteiger partial charge in [-0.1, -0.05) is 57.8 Å². The van der Waals surface area contributed by atoms with Crippen molar-refractivity contribution in [2.45, 2.75) is 77.0 Å². The molecule has 8 heteroatoms. The molecule has 1 N–H and O–H groups in total. The molecule has 0 fully saturated rings. The number of aliphatic hydroxyl groups excluding tert-OH is 1. The second-order valence-corrected chi connectivity index (χ2v) is 8.17. The van der Waals surface area contributed by atoms with Crippen LogP contribution in [0.1, 0.15) is 76.2 Å². The lowest BCUT2D eigenvalue weighted by atomic mass is 10.0. The van der Waals surface area contributed by atoms with Gasteiger partial charge in [0, 0.05) is 30.4 Å². The number of nitro benzene ring substituents is 2. The van der Waals surface area contributed by atoms with Crippen molar-refractivity contribution < 1.29 is 19.5 Å². The summed E-state index contributed by atoms with van der Waals surface area (Å²) in [6, 6.07) is 7.57. The summed E-state index contributed by atoms with van der Waals surface area (Å²) in [5.41, 5.74) is 0.829. The van der Waals surface area contributed by atoms with Gasteiger partial charge in [-0.15, -0.1) is 0 Å². The molecule has 0 spiro atoms. The number of non-ortho nitro benzene ring substituents is 1. The predicted molar refractivity (Wildman–Crippen MR) is 123 cm³/mol. The highest BCUT2D eigenvalue weighted by atomic mass is 16.6. The highest BCUT2D eigenvalue weighted by molar-refractivity contribution is 5.53. The third-order valence-electron chi connectivity index (χ3n) is 5.63. The van der Waals surface area contributed by atoms with E-state index in [2.05, 4.69) is 0 Å². The van der Waals surface area contributed by atoms with E-state index in [1.165, 1.54) is 57.1 Å². The van der Waals surface area contributed by atoms with Crippen LogP contribution in [0.3, 0.4) is 0 Å². The molecule has 1 aromatic heterocycles. The van der Waals surface area contributed by atoms with Gasteiger partial charge in [0.2, 0.25) is 0 Å². The molecule has 0 amide bonds. The summed E-state index contributed by atoms with van der Waals surface area (Å²) in [6.45, 7) is 0.306. The standard InChI is InChI=1S/C24H34N3O5/c28-18-11-9-7-5-3-1-2-4-6-8-10-13-21-14-12-17-25(20-21)23-16-15-22(26(29)30)19-24(23)27(31)32/h12,14-17,19-20,28H,1-11,13,18H2/q+1. The van der Waals surface area contributed by atoms with E-state index >= 15 is 0 Å². The van der Waals surface area contributed by atoms with Crippen LogP contribution in [0.25, 0.3) is 5.69 Å². The summed E-state index contributed by atoms with van der Waals surface area (Å²) in [6.07, 6.45) is 17.5. The van der Waals surface area contributed by atoms with Gasteiger partial charge in [-0.2, -0.15) is 4.57 Å². The van der Waals surface area contributed by atoms with Crippen LogP contribution >= 0.6 is 0 Å². The van der Waals surface area contributed by atoms with E-state index in [0.717, 1.165) is 43.7 Å². The molecule has 1 heterocycles. The number of hydrogen-bond acceptors (Lipinski definition) is 5. The molecule has 0 saturated carbocycles. The fraction of sp³-hybridized carbons (Fsp3) is 0.542. The Morgan fingerprint density at radius 2 is 1.38 bits per heavy atom. The Morgan fingerprint density at radius 3 is 1.94 bits per heavy atom. The number of aliphatic hydroxyl groups is 1. The second kappa shape index (κ2) is 14.2. The van der Waals surface area contributed by atoms with Crippen LogP contribution in [0.4, 0.5) is 11.4 Å². The van der Waals surface area contributed by atoms with Crippen molar-refractivity contribution in [2.24, 2.45) is 0 Å². The molecule has 0 saturated heterocycles. The number of aryl methyl sites for hydroxylation is 1. The van der Waals surface area contributed by atoms with Gasteiger partial charge in [0.1, 0.15) is 6.07 Å². The Hall–Kier alpha value is -2.87. The van der Waals surface area contributed by atoms with Crippen molar-refractivity contribution in [1.29, 1.82) is 0 Å². The van der Waals surface area contributed by atoms with Crippen LogP contribution < -0.4 is 4.57 Å². The zero-order valence-electron chi connectivity index (χ0n) is 18.7. The lowest BCUT2D eigenvalue weighted by Crippen LogP contribution is -2.31. The van der Waals surface area contributed by atoms with E-state index in [1.54, 1.807) is 10.8 Å². The van der Waals surface area contributed by atoms with Gasteiger partial charge in [-0.25, -0.2) is 0 Å². The first-order valence-corrected chi connectivity index (χ1v) is 11.6. The maximum absolute atomic E-state index is 11.4. The van der Waals surface area contributed by atoms with Crippen molar-refractivity contribution in [3.8, 4) is 5.69 Å². The normalized spacial score (nSPS) is 10.9. The van der Waals surface area contributed by atoms with Crippen LogP contribution in [-0.2, 0) is 6.42 Å². The van der Waals surface area contributed by atoms with Gasteiger partial charge >= 0.3 is 5.69 Å². The Morgan fingerprint density at radius 1 is 0.781 bits per heavy atom. The molecule has 0 aliphatic heterocycles. The molecular weight excluding hydrogens is 410 g/mol. The number of unbranched alkanes of at least 4 members (excludes halogenated alkanes) is 10. The van der Waals surface area contributed by atoms with Gasteiger partial charge in [-0.3, -0.25) is 20.2 Å². The number of benzene rings is 1. The van der Waals surface area contributed by atoms with E-state index in [-0.39, 0.29) is 11.4 Å². The van der Waals surface area contributed by atoms with E-state index in [9.17, 15) is 20.2 Å². The Kier molecular flexibility index (Phi) is 11.3. The van der Waals surface area contributed by atoms with Crippen molar-refractivity contribution in [1.82, 2.24) is 0 Å². The van der Waals surface area contributed by atoms with E-state index in [1.807, 2.05) is 18.3 Å². The van der Waals surface area contributed by atoms with E-state index in [0.29, 0.717) is 12.3 Å². The zero-order valence-corrected chi connectivity index (χ0v) is 18.7. The lowest BCUT2D eigenvalue weighted by molar-refractivity contribution is -0.601. The maximum atomic E-state index is 11.4. The van der Waals surface area contributed by atoms with Crippen LogP contribution in [0, 0.1) is 20.2 Å². The van der Waals surface area contributed by atoms with Gasteiger partial charge < -0.3 is 5.11 Å². The molecule has 0 aliphatic rings. The Bertz CT molecular complexity index is 872. The summed E-state index contributed by atoms with van der Waals surface area (Å²) in [5.74, 6) is 0. The summed E-state index contributed by atoms with van der Waals surface area (Å²) >= 11 is 0. The number of nitrogens with zero attached hydrogens (tertiary/aromatic N) is 3. The summed E-state index contributed by atoms with van der Waals surface area (Å²) in [5, 5.41) is 31.1. The SMILES string of the molecule is O=[N+]([O-])c1ccc(-[n+]2cccc(CCCCCCCCCCCCCO)c2)c([N+](=O)[O-])c1. The number of pyridine rings is 1. The quantitative estimate of drug-likeness (QED) is 0.157. The maximum Gasteiger partial charge on any atom is 0.347 e. The van der Waals surface area contributed by atoms with Crippen molar-refractivity contribution in [2.75, 3.05) is 6.61 Å². The minimum Gasteiger partial charge on any atom is -0.396 e. The third kappa shape index (κ3) is 8.70. The van der Waals surface area contributed by atoms with E-state index in [4.69, 9.17) is 5.11 Å². The molecule has 2 aromatic rings. The molecule has 0 radical (unpaired) electrons. The molecule has 8 nitrogen and oxygen atoms in total. The lowest BCUT2D eigenvalue weighted by Gasteiger charge is -2.04. The molecule has 0 atom stereocenters. The first-order valence-electron chi connectivity index (χ1n) is 11.6. The number of aromatic nitrogens is 1. The van der Waals surface area contributed by atoms with Gasteiger partial charge in [0.25, 0.3) is 11.4 Å². The second-order valence-electron chi connectivity index (χ2n) is 8.17. The third-order valence-corrected chi connectivity index (χ3v) is 5.63. The molecular formula is C24H34N3O5+. The van der Waals surface area contributed by atoms with Crippen molar-refractivity contribution in [3.63, 3.8) is 0 Å². The zero-order chi connectivity index (χ0) is 23.2. The summed E-state index contributed by atoms with van der Waals surface area (Å²) in [4.78, 5) is 21.1. The molecule has 1 aromatic carbocycles. The molecule has 0 aliphatic carbocycles. The first kappa shape index (κ1) is 25.4. The topological polar surface area (TPSA) is 110 Å². The van der Waals surface area contributed by atoms with Gasteiger partial charge in [-0.05, 0) is 25.3 Å². The summed E-state index contributed by atoms with van der Waals surface area (Å²) in [7, 11) is 0. The fourth-order valence-electron chi connectivity index (χ4n) is 3.84. The molecule has 0 unspecified atom stereocenters. The molecule has 2 rings (SSSR count). The van der Waals surface area contributed by atoms with Crippen molar-refractivity contribution in [3.05, 3.63) is 68.5 Å². The summed E-state index contributed by atoms with van der Waals surface area (Å²) < 4.78 is 1.66. The fourth-order valence-corrected chi connectivity index (χ4v) is 3.84. The smallest absolute Gasteiger partial charge is 0.347 e. The molecule has 0 bridgehead atoms. The Balaban J connectivity index is 1.76.